The third-order valence-corrected chi connectivity index (χ3v) is 11.5. The first-order valence-electron chi connectivity index (χ1n) is 17.7. The second-order valence-electron chi connectivity index (χ2n) is 15.5. The molecule has 4 aliphatic rings. The van der Waals surface area contributed by atoms with E-state index in [0.717, 1.165) is 5.82 Å². The summed E-state index contributed by atoms with van der Waals surface area (Å²) in [6.07, 6.45) is 1.77. The number of pyridine rings is 1. The van der Waals surface area contributed by atoms with E-state index in [4.69, 9.17) is 16.3 Å². The minimum absolute atomic E-state index is 0.158. The molecule has 276 valence electrons. The molecule has 7 rings (SSSR count). The van der Waals surface area contributed by atoms with Crippen LogP contribution in [0.25, 0.3) is 0 Å². The summed E-state index contributed by atoms with van der Waals surface area (Å²) >= 11 is 6.22. The lowest BCUT2D eigenvalue weighted by atomic mass is 9.49. The minimum Gasteiger partial charge on any atom is -0.489 e. The standard InChI is InChI=1S/C39H41ClFN7O5/c1-38(2)36(39(3,4)37(38)53-26-7-5-22(18-42)28(40)16-26)45-33(50)23-6-9-31(43-19-23)47-13-11-46(12-14-47)20-25-15-24-21-48(35(52)27(24)17-29(25)41)30-8-10-32(49)44-34(30)51/h5-7,9,15-17,19,30,36-37H,8,10-14,20-21H2,1-4H3,(H,45,50)(H,44,49,51)/t30?,36-,37-. The molecule has 0 spiro atoms. The quantitative estimate of drug-likeness (QED) is 0.320. The number of aromatic nitrogens is 1. The summed E-state index contributed by atoms with van der Waals surface area (Å²) in [5.41, 5.74) is 1.44. The number of nitriles is 1. The molecule has 4 heterocycles. The molecule has 0 radical (unpaired) electrons. The Kier molecular flexibility index (Phi) is 9.41. The predicted octanol–water partition coefficient (Wildman–Crippen LogP) is 4.44. The number of fused-ring (bicyclic) bond motifs is 1. The molecule has 1 atom stereocenters. The van der Waals surface area contributed by atoms with Gasteiger partial charge in [-0.15, -0.1) is 0 Å². The van der Waals surface area contributed by atoms with Crippen molar-refractivity contribution in [1.29, 1.82) is 5.26 Å². The summed E-state index contributed by atoms with van der Waals surface area (Å²) in [5, 5.41) is 15.0. The van der Waals surface area contributed by atoms with E-state index < -0.39 is 34.5 Å². The van der Waals surface area contributed by atoms with Crippen molar-refractivity contribution in [3.63, 3.8) is 0 Å². The number of hydrogen-bond donors (Lipinski definition) is 2. The summed E-state index contributed by atoms with van der Waals surface area (Å²) in [5.74, 6) is -0.623. The summed E-state index contributed by atoms with van der Waals surface area (Å²) in [6, 6.07) is 12.7. The van der Waals surface area contributed by atoms with E-state index in [-0.39, 0.29) is 48.9 Å². The summed E-state index contributed by atoms with van der Waals surface area (Å²) < 4.78 is 21.6. The molecule has 12 nitrogen and oxygen atoms in total. The van der Waals surface area contributed by atoms with Crippen molar-refractivity contribution in [2.24, 2.45) is 10.8 Å². The van der Waals surface area contributed by atoms with Crippen LogP contribution in [0.2, 0.25) is 5.02 Å². The number of piperazine rings is 1. The fourth-order valence-electron chi connectivity index (χ4n) is 8.66. The highest BCUT2D eigenvalue weighted by Crippen LogP contribution is 2.55. The van der Waals surface area contributed by atoms with Crippen LogP contribution < -0.4 is 20.3 Å². The summed E-state index contributed by atoms with van der Waals surface area (Å²) in [6.45, 7) is 11.4. The fraction of sp³-hybridized carbons (Fsp3) is 0.436. The van der Waals surface area contributed by atoms with Crippen molar-refractivity contribution in [2.45, 2.75) is 71.8 Å². The van der Waals surface area contributed by atoms with Gasteiger partial charge in [0.1, 0.15) is 35.6 Å². The smallest absolute Gasteiger partial charge is 0.255 e. The van der Waals surface area contributed by atoms with E-state index in [2.05, 4.69) is 59.2 Å². The number of hydrogen-bond acceptors (Lipinski definition) is 9. The normalized spacial score (nSPS) is 23.5. The highest BCUT2D eigenvalue weighted by Gasteiger charge is 2.64. The maximum absolute atomic E-state index is 15.3. The number of benzene rings is 2. The third-order valence-electron chi connectivity index (χ3n) is 11.2. The van der Waals surface area contributed by atoms with Gasteiger partial charge >= 0.3 is 0 Å². The monoisotopic (exact) mass is 741 g/mol. The maximum Gasteiger partial charge on any atom is 0.255 e. The topological polar surface area (TPSA) is 148 Å². The highest BCUT2D eigenvalue weighted by molar-refractivity contribution is 6.31. The van der Waals surface area contributed by atoms with Crippen LogP contribution in [0.15, 0.2) is 48.7 Å². The second-order valence-corrected chi connectivity index (χ2v) is 15.9. The van der Waals surface area contributed by atoms with Crippen LogP contribution in [0.5, 0.6) is 5.75 Å². The zero-order valence-electron chi connectivity index (χ0n) is 30.0. The Morgan fingerprint density at radius 2 is 1.81 bits per heavy atom. The maximum atomic E-state index is 15.3. The number of anilines is 1. The van der Waals surface area contributed by atoms with Gasteiger partial charge in [-0.2, -0.15) is 5.26 Å². The van der Waals surface area contributed by atoms with Gasteiger partial charge in [0.2, 0.25) is 11.8 Å². The van der Waals surface area contributed by atoms with E-state index in [9.17, 15) is 24.4 Å². The Bertz CT molecular complexity index is 2020. The molecule has 4 amide bonds. The van der Waals surface area contributed by atoms with Crippen molar-refractivity contribution >= 4 is 41.0 Å². The predicted molar refractivity (Wildman–Crippen MR) is 194 cm³/mol. The molecule has 3 aliphatic heterocycles. The molecule has 1 aromatic heterocycles. The zero-order valence-corrected chi connectivity index (χ0v) is 30.8. The summed E-state index contributed by atoms with van der Waals surface area (Å²) in [7, 11) is 0. The van der Waals surface area contributed by atoms with Crippen LogP contribution in [-0.4, -0.2) is 82.8 Å². The fourth-order valence-corrected chi connectivity index (χ4v) is 8.87. The number of piperidine rings is 1. The number of carbonyl (C=O) groups is 4. The lowest BCUT2D eigenvalue weighted by Crippen LogP contribution is -2.74. The van der Waals surface area contributed by atoms with Gasteiger partial charge in [-0.25, -0.2) is 9.37 Å². The molecule has 2 N–H and O–H groups in total. The third kappa shape index (κ3) is 6.70. The van der Waals surface area contributed by atoms with Crippen LogP contribution in [0.3, 0.4) is 0 Å². The lowest BCUT2D eigenvalue weighted by molar-refractivity contribution is -0.164. The Hall–Kier alpha value is -5.06. The molecular weight excluding hydrogens is 701 g/mol. The number of imide groups is 1. The van der Waals surface area contributed by atoms with Gasteiger partial charge in [0.05, 0.1) is 16.1 Å². The van der Waals surface area contributed by atoms with E-state index in [1.165, 1.54) is 11.0 Å². The van der Waals surface area contributed by atoms with Crippen LogP contribution >= 0.6 is 11.6 Å². The van der Waals surface area contributed by atoms with Gasteiger partial charge in [-0.05, 0) is 48.4 Å². The van der Waals surface area contributed by atoms with Crippen LogP contribution in [0.1, 0.15) is 77.9 Å². The van der Waals surface area contributed by atoms with Gasteiger partial charge in [0, 0.05) is 86.0 Å². The number of nitrogens with zero attached hydrogens (tertiary/aromatic N) is 5. The molecule has 3 fully saturated rings. The zero-order chi connectivity index (χ0) is 37.8. The summed E-state index contributed by atoms with van der Waals surface area (Å²) in [4.78, 5) is 60.7. The molecule has 1 aliphatic carbocycles. The Balaban J connectivity index is 0.921. The molecule has 1 unspecified atom stereocenters. The number of halogens is 2. The number of nitrogens with one attached hydrogen (secondary N) is 2. The highest BCUT2D eigenvalue weighted by atomic mass is 35.5. The van der Waals surface area contributed by atoms with Crippen LogP contribution in [0.4, 0.5) is 10.2 Å². The number of carbonyl (C=O) groups excluding carboxylic acids is 4. The Labute approximate surface area is 312 Å². The molecule has 14 heteroatoms. The van der Waals surface area contributed by atoms with E-state index in [1.807, 2.05) is 6.07 Å². The Morgan fingerprint density at radius 1 is 1.08 bits per heavy atom. The largest absolute Gasteiger partial charge is 0.489 e. The number of ether oxygens (including phenoxy) is 1. The van der Waals surface area contributed by atoms with Crippen LogP contribution in [-0.2, 0) is 22.7 Å². The lowest BCUT2D eigenvalue weighted by Gasteiger charge is -2.63. The average molecular weight is 742 g/mol. The Morgan fingerprint density at radius 3 is 2.45 bits per heavy atom. The van der Waals surface area contributed by atoms with Gasteiger partial charge in [-0.1, -0.05) is 39.3 Å². The van der Waals surface area contributed by atoms with Gasteiger partial charge in [-0.3, -0.25) is 29.4 Å². The van der Waals surface area contributed by atoms with Crippen molar-refractivity contribution in [3.05, 3.63) is 87.3 Å². The van der Waals surface area contributed by atoms with Gasteiger partial charge in [0.15, 0.2) is 0 Å². The minimum atomic E-state index is -0.748. The number of amides is 4. The average Bonchev–Trinajstić information content (AvgIpc) is 3.43. The molecular formula is C39H41ClFN7O5. The van der Waals surface area contributed by atoms with Crippen molar-refractivity contribution in [2.75, 3.05) is 31.1 Å². The van der Waals surface area contributed by atoms with Crippen LogP contribution in [0, 0.1) is 28.0 Å². The number of rotatable bonds is 8. The van der Waals surface area contributed by atoms with Gasteiger partial charge in [0.25, 0.3) is 11.8 Å². The van der Waals surface area contributed by atoms with Crippen molar-refractivity contribution < 1.29 is 28.3 Å². The van der Waals surface area contributed by atoms with Crippen molar-refractivity contribution in [1.82, 2.24) is 25.4 Å². The molecule has 2 saturated heterocycles. The second kappa shape index (κ2) is 13.7. The molecule has 53 heavy (non-hydrogen) atoms. The molecule has 1 saturated carbocycles. The van der Waals surface area contributed by atoms with Crippen molar-refractivity contribution in [3.8, 4) is 11.8 Å². The first-order valence-corrected chi connectivity index (χ1v) is 18.1. The molecule has 2 aromatic carbocycles. The molecule has 3 aromatic rings. The SMILES string of the molecule is CC1(C)[C@H](NC(=O)c2ccc(N3CCN(Cc4cc5c(cc4F)C(=O)N(C4CCC(=O)NC4=O)C5)CC3)nc2)C(C)(C)[C@H]1Oc1ccc(C#N)c(Cl)c1. The first-order chi connectivity index (χ1) is 25.2. The first kappa shape index (κ1) is 36.3. The molecule has 0 bridgehead atoms. The van der Waals surface area contributed by atoms with Gasteiger partial charge < -0.3 is 19.9 Å². The van der Waals surface area contributed by atoms with E-state index in [0.29, 0.717) is 65.7 Å². The van der Waals surface area contributed by atoms with E-state index >= 15 is 4.39 Å². The van der Waals surface area contributed by atoms with E-state index in [1.54, 1.807) is 36.5 Å².